The zero-order valence-electron chi connectivity index (χ0n) is 10.3. The van der Waals surface area contributed by atoms with Gasteiger partial charge in [-0.25, -0.2) is 0 Å². The largest absolute Gasteiger partial charge is 0.495 e. The summed E-state index contributed by atoms with van der Waals surface area (Å²) in [5, 5.41) is 0. The third kappa shape index (κ3) is 3.20. The summed E-state index contributed by atoms with van der Waals surface area (Å²) in [6.45, 7) is 0. The second-order valence-electron chi connectivity index (χ2n) is 3.94. The molecule has 2 aromatic carbocycles. The third-order valence-corrected chi connectivity index (χ3v) is 4.14. The van der Waals surface area contributed by atoms with Crippen LogP contribution in [0.1, 0.15) is 5.56 Å². The molecule has 0 radical (unpaired) electrons. The van der Waals surface area contributed by atoms with Gasteiger partial charge in [0, 0.05) is 5.75 Å². The van der Waals surface area contributed by atoms with Crippen molar-refractivity contribution in [3.8, 4) is 5.75 Å². The number of hydrogen-bond acceptors (Lipinski definition) is 2. The molecule has 0 amide bonds. The van der Waals surface area contributed by atoms with Crippen molar-refractivity contribution in [1.82, 2.24) is 0 Å². The van der Waals surface area contributed by atoms with E-state index in [0.717, 1.165) is 11.3 Å². The number of ether oxygens (including phenoxy) is 1. The normalized spacial score (nSPS) is 12.1. The van der Waals surface area contributed by atoms with Crippen molar-refractivity contribution in [1.29, 1.82) is 0 Å². The van der Waals surface area contributed by atoms with Gasteiger partial charge in [-0.15, -0.1) is 0 Å². The van der Waals surface area contributed by atoms with E-state index in [1.807, 2.05) is 42.5 Å². The molecule has 0 saturated carbocycles. The molecule has 0 aromatic heterocycles. The van der Waals surface area contributed by atoms with Crippen LogP contribution in [0.2, 0.25) is 0 Å². The van der Waals surface area contributed by atoms with Gasteiger partial charge in [0.05, 0.1) is 22.8 Å². The highest BCUT2D eigenvalue weighted by molar-refractivity contribution is 7.85. The van der Waals surface area contributed by atoms with Gasteiger partial charge in [0.1, 0.15) is 5.75 Å². The van der Waals surface area contributed by atoms with Crippen LogP contribution in [0.3, 0.4) is 0 Å². The summed E-state index contributed by atoms with van der Waals surface area (Å²) in [5.41, 5.74) is 1.21. The first-order chi connectivity index (χ1) is 8.81. The fourth-order valence-corrected chi connectivity index (χ4v) is 3.02. The minimum Gasteiger partial charge on any atom is -0.495 e. The molecule has 1 atom stereocenters. The Bertz CT molecular complexity index is 523. The molecule has 94 valence electrons. The van der Waals surface area contributed by atoms with Crippen LogP contribution in [-0.4, -0.2) is 17.1 Å². The molecule has 18 heavy (non-hydrogen) atoms. The summed E-state index contributed by atoms with van der Waals surface area (Å²) in [6.07, 6.45) is 0.811. The Labute approximate surface area is 110 Å². The van der Waals surface area contributed by atoms with E-state index < -0.39 is 10.8 Å². The van der Waals surface area contributed by atoms with Crippen molar-refractivity contribution >= 4 is 10.8 Å². The topological polar surface area (TPSA) is 26.3 Å². The number of hydrogen-bond donors (Lipinski definition) is 0. The lowest BCUT2D eigenvalue weighted by molar-refractivity contribution is 0.404. The number of benzene rings is 2. The fraction of sp³-hybridized carbons (Fsp3) is 0.200. The van der Waals surface area contributed by atoms with Crippen LogP contribution in [0.15, 0.2) is 59.5 Å². The second-order valence-corrected chi connectivity index (χ2v) is 5.48. The number of rotatable bonds is 5. The minimum absolute atomic E-state index is 0.615. The van der Waals surface area contributed by atoms with Crippen molar-refractivity contribution in [2.24, 2.45) is 0 Å². The van der Waals surface area contributed by atoms with Crippen LogP contribution in [0, 0.1) is 0 Å². The maximum absolute atomic E-state index is 12.2. The summed E-state index contributed by atoms with van der Waals surface area (Å²) in [4.78, 5) is 0.774. The van der Waals surface area contributed by atoms with Gasteiger partial charge in [0.25, 0.3) is 0 Å². The van der Waals surface area contributed by atoms with Crippen molar-refractivity contribution in [2.75, 3.05) is 12.9 Å². The molecular formula is C15H16O2S. The van der Waals surface area contributed by atoms with Crippen molar-refractivity contribution in [3.05, 3.63) is 60.2 Å². The molecule has 1 unspecified atom stereocenters. The molecule has 0 spiro atoms. The fourth-order valence-electron chi connectivity index (χ4n) is 1.77. The van der Waals surface area contributed by atoms with Crippen LogP contribution in [0.25, 0.3) is 0 Å². The first kappa shape index (κ1) is 12.8. The molecule has 0 aliphatic heterocycles. The lowest BCUT2D eigenvalue weighted by Crippen LogP contribution is -2.03. The second kappa shape index (κ2) is 6.36. The Balaban J connectivity index is 2.04. The molecule has 0 fully saturated rings. The van der Waals surface area contributed by atoms with Gasteiger partial charge in [-0.3, -0.25) is 4.21 Å². The van der Waals surface area contributed by atoms with Gasteiger partial charge in [0.15, 0.2) is 0 Å². The van der Waals surface area contributed by atoms with Gasteiger partial charge in [-0.05, 0) is 24.1 Å². The number of para-hydroxylation sites is 1. The average Bonchev–Trinajstić information content (AvgIpc) is 2.45. The Morgan fingerprint density at radius 1 is 1.00 bits per heavy atom. The van der Waals surface area contributed by atoms with E-state index in [1.165, 1.54) is 5.56 Å². The van der Waals surface area contributed by atoms with Crippen LogP contribution < -0.4 is 4.74 Å². The van der Waals surface area contributed by atoms with Crippen molar-refractivity contribution < 1.29 is 8.95 Å². The van der Waals surface area contributed by atoms with Gasteiger partial charge >= 0.3 is 0 Å². The van der Waals surface area contributed by atoms with Gasteiger partial charge in [0.2, 0.25) is 0 Å². The predicted molar refractivity (Wildman–Crippen MR) is 74.4 cm³/mol. The molecular weight excluding hydrogens is 244 g/mol. The quantitative estimate of drug-likeness (QED) is 0.826. The number of aryl methyl sites for hydroxylation is 1. The minimum atomic E-state index is -1.02. The van der Waals surface area contributed by atoms with Crippen LogP contribution >= 0.6 is 0 Å². The molecule has 2 nitrogen and oxygen atoms in total. The molecule has 0 N–H and O–H groups in total. The van der Waals surface area contributed by atoms with Gasteiger partial charge in [-0.1, -0.05) is 42.5 Å². The zero-order chi connectivity index (χ0) is 12.8. The Hall–Kier alpha value is -1.61. The molecule has 2 aromatic rings. The van der Waals surface area contributed by atoms with Crippen molar-refractivity contribution in [3.63, 3.8) is 0 Å². The van der Waals surface area contributed by atoms with Crippen molar-refractivity contribution in [2.45, 2.75) is 11.3 Å². The lowest BCUT2D eigenvalue weighted by atomic mass is 10.2. The molecule has 3 heteroatoms. The van der Waals surface area contributed by atoms with E-state index in [2.05, 4.69) is 12.1 Å². The van der Waals surface area contributed by atoms with Gasteiger partial charge < -0.3 is 4.74 Å². The maximum atomic E-state index is 12.2. The van der Waals surface area contributed by atoms with E-state index in [9.17, 15) is 4.21 Å². The molecule has 0 bridgehead atoms. The lowest BCUT2D eigenvalue weighted by Gasteiger charge is -2.07. The summed E-state index contributed by atoms with van der Waals surface area (Å²) >= 11 is 0. The van der Waals surface area contributed by atoms with Crippen LogP contribution in [-0.2, 0) is 17.2 Å². The summed E-state index contributed by atoms with van der Waals surface area (Å²) in [7, 11) is 0.584. The highest BCUT2D eigenvalue weighted by atomic mass is 32.2. The maximum Gasteiger partial charge on any atom is 0.134 e. The summed E-state index contributed by atoms with van der Waals surface area (Å²) < 4.78 is 17.5. The highest BCUT2D eigenvalue weighted by Crippen LogP contribution is 2.21. The Kier molecular flexibility index (Phi) is 4.53. The van der Waals surface area contributed by atoms with Crippen LogP contribution in [0.5, 0.6) is 5.75 Å². The van der Waals surface area contributed by atoms with E-state index in [1.54, 1.807) is 7.11 Å². The Morgan fingerprint density at radius 2 is 1.67 bits per heavy atom. The van der Waals surface area contributed by atoms with Gasteiger partial charge in [-0.2, -0.15) is 0 Å². The van der Waals surface area contributed by atoms with E-state index in [-0.39, 0.29) is 0 Å². The first-order valence-corrected chi connectivity index (χ1v) is 7.18. The molecule has 0 heterocycles. The monoisotopic (exact) mass is 260 g/mol. The van der Waals surface area contributed by atoms with E-state index >= 15 is 0 Å². The standard InChI is InChI=1S/C15H16O2S/c1-17-14-9-5-6-10-15(14)18(16)12-11-13-7-3-2-4-8-13/h2-10H,11-12H2,1H3. The average molecular weight is 260 g/mol. The van der Waals surface area contributed by atoms with Crippen LogP contribution in [0.4, 0.5) is 0 Å². The summed E-state index contributed by atoms with van der Waals surface area (Å²) in [5.74, 6) is 1.31. The van der Waals surface area contributed by atoms with E-state index in [4.69, 9.17) is 4.74 Å². The highest BCUT2D eigenvalue weighted by Gasteiger charge is 2.09. The third-order valence-electron chi connectivity index (χ3n) is 2.73. The number of methoxy groups -OCH3 is 1. The molecule has 0 aliphatic rings. The molecule has 0 aliphatic carbocycles. The van der Waals surface area contributed by atoms with E-state index in [0.29, 0.717) is 11.5 Å². The smallest absolute Gasteiger partial charge is 0.134 e. The molecule has 0 saturated heterocycles. The molecule has 2 rings (SSSR count). The first-order valence-electron chi connectivity index (χ1n) is 5.86. The SMILES string of the molecule is COc1ccccc1S(=O)CCc1ccccc1. The summed E-state index contributed by atoms with van der Waals surface area (Å²) in [6, 6.07) is 17.6. The zero-order valence-corrected chi connectivity index (χ0v) is 11.2. The predicted octanol–water partition coefficient (Wildman–Crippen LogP) is 3.05. The Morgan fingerprint density at radius 3 is 2.39 bits per heavy atom.